The molecule has 0 saturated carbocycles. The van der Waals surface area contributed by atoms with E-state index in [9.17, 15) is 9.59 Å². The second kappa shape index (κ2) is 3.08. The summed E-state index contributed by atoms with van der Waals surface area (Å²) in [5.74, 6) is -0.484. The summed E-state index contributed by atoms with van der Waals surface area (Å²) < 4.78 is 0. The normalized spacial score (nSPS) is 33.6. The first-order valence-corrected chi connectivity index (χ1v) is 4.49. The van der Waals surface area contributed by atoms with Crippen LogP contribution < -0.4 is 11.1 Å². The lowest BCUT2D eigenvalue weighted by atomic mass is 10.00. The first-order valence-electron chi connectivity index (χ1n) is 4.49. The molecule has 3 N–H and O–H groups in total. The molecule has 2 unspecified atom stereocenters. The maximum absolute atomic E-state index is 11.2. The number of carbonyl (C=O) groups is 2. The summed E-state index contributed by atoms with van der Waals surface area (Å²) >= 11 is 0. The van der Waals surface area contributed by atoms with Crippen molar-refractivity contribution in [2.24, 2.45) is 17.6 Å². The van der Waals surface area contributed by atoms with Gasteiger partial charge in [-0.05, 0) is 0 Å². The third kappa shape index (κ3) is 1.34. The molecule has 13 heavy (non-hydrogen) atoms. The van der Waals surface area contributed by atoms with Crippen molar-refractivity contribution >= 4 is 11.8 Å². The highest BCUT2D eigenvalue weighted by atomic mass is 16.2. The summed E-state index contributed by atoms with van der Waals surface area (Å²) in [5.41, 5.74) is 5.40. The highest BCUT2D eigenvalue weighted by Gasteiger charge is 2.47. The second-order valence-corrected chi connectivity index (χ2v) is 3.61. The molecule has 2 amide bonds. The molecule has 0 aromatic rings. The fourth-order valence-corrected chi connectivity index (χ4v) is 2.09. The van der Waals surface area contributed by atoms with E-state index in [4.69, 9.17) is 5.73 Å². The molecule has 2 heterocycles. The van der Waals surface area contributed by atoms with Crippen LogP contribution in [0.1, 0.15) is 0 Å². The SMILES string of the molecule is NCCN1CC2C(=O)NC(=O)C2C1. The molecule has 72 valence electrons. The number of amides is 2. The highest BCUT2D eigenvalue weighted by Crippen LogP contribution is 2.27. The zero-order chi connectivity index (χ0) is 9.42. The van der Waals surface area contributed by atoms with E-state index in [1.54, 1.807) is 0 Å². The number of rotatable bonds is 2. The number of nitrogens with one attached hydrogen (secondary N) is 1. The number of nitrogens with zero attached hydrogens (tertiary/aromatic N) is 1. The van der Waals surface area contributed by atoms with Crippen LogP contribution in [0.3, 0.4) is 0 Å². The van der Waals surface area contributed by atoms with Crippen molar-refractivity contribution in [2.45, 2.75) is 0 Å². The third-order valence-electron chi connectivity index (χ3n) is 2.76. The summed E-state index contributed by atoms with van der Waals surface area (Å²) in [6.45, 7) is 2.71. The predicted molar refractivity (Wildman–Crippen MR) is 45.6 cm³/mol. The molecule has 2 fully saturated rings. The van der Waals surface area contributed by atoms with Gasteiger partial charge in [0.25, 0.3) is 0 Å². The van der Waals surface area contributed by atoms with Gasteiger partial charge in [-0.2, -0.15) is 0 Å². The van der Waals surface area contributed by atoms with Crippen molar-refractivity contribution in [3.05, 3.63) is 0 Å². The first kappa shape index (κ1) is 8.65. The number of hydrogen-bond acceptors (Lipinski definition) is 4. The van der Waals surface area contributed by atoms with Crippen LogP contribution in [0.2, 0.25) is 0 Å². The Morgan fingerprint density at radius 1 is 1.31 bits per heavy atom. The van der Waals surface area contributed by atoms with Crippen LogP contribution in [0, 0.1) is 11.8 Å². The van der Waals surface area contributed by atoms with Crippen molar-refractivity contribution in [1.82, 2.24) is 10.2 Å². The van der Waals surface area contributed by atoms with Gasteiger partial charge < -0.3 is 10.6 Å². The molecule has 0 aromatic carbocycles. The molecule has 2 aliphatic rings. The summed E-state index contributed by atoms with van der Waals surface area (Å²) in [6, 6.07) is 0. The number of likely N-dealkylation sites (tertiary alicyclic amines) is 1. The lowest BCUT2D eigenvalue weighted by Gasteiger charge is -2.14. The fraction of sp³-hybridized carbons (Fsp3) is 0.750. The highest BCUT2D eigenvalue weighted by molar-refractivity contribution is 6.05. The van der Waals surface area contributed by atoms with E-state index in [0.29, 0.717) is 19.6 Å². The second-order valence-electron chi connectivity index (χ2n) is 3.61. The van der Waals surface area contributed by atoms with Crippen molar-refractivity contribution in [3.63, 3.8) is 0 Å². The maximum atomic E-state index is 11.2. The van der Waals surface area contributed by atoms with Crippen molar-refractivity contribution < 1.29 is 9.59 Å². The van der Waals surface area contributed by atoms with E-state index in [0.717, 1.165) is 6.54 Å². The zero-order valence-electron chi connectivity index (χ0n) is 7.32. The van der Waals surface area contributed by atoms with E-state index >= 15 is 0 Å². The van der Waals surface area contributed by atoms with Gasteiger partial charge in [0.15, 0.2) is 0 Å². The molecule has 2 rings (SSSR count). The molecule has 0 aliphatic carbocycles. The van der Waals surface area contributed by atoms with Gasteiger partial charge in [-0.25, -0.2) is 0 Å². The Morgan fingerprint density at radius 3 is 2.31 bits per heavy atom. The molecule has 0 aromatic heterocycles. The standard InChI is InChI=1S/C8H13N3O2/c9-1-2-11-3-5-6(4-11)8(13)10-7(5)12/h5-6H,1-4,9H2,(H,10,12,13). The molecule has 2 saturated heterocycles. The van der Waals surface area contributed by atoms with Gasteiger partial charge in [-0.3, -0.25) is 14.9 Å². The Hall–Kier alpha value is -0.940. The number of carbonyl (C=O) groups excluding carboxylic acids is 2. The van der Waals surface area contributed by atoms with Crippen LogP contribution in [0.4, 0.5) is 0 Å². The smallest absolute Gasteiger partial charge is 0.231 e. The fourth-order valence-electron chi connectivity index (χ4n) is 2.09. The average Bonchev–Trinajstić information content (AvgIpc) is 2.57. The van der Waals surface area contributed by atoms with Gasteiger partial charge in [-0.15, -0.1) is 0 Å². The zero-order valence-corrected chi connectivity index (χ0v) is 7.32. The van der Waals surface area contributed by atoms with Gasteiger partial charge in [0, 0.05) is 26.2 Å². The van der Waals surface area contributed by atoms with Gasteiger partial charge in [0.05, 0.1) is 11.8 Å². The lowest BCUT2D eigenvalue weighted by Crippen LogP contribution is -2.33. The van der Waals surface area contributed by atoms with E-state index in [1.165, 1.54) is 0 Å². The number of nitrogens with two attached hydrogens (primary N) is 1. The average molecular weight is 183 g/mol. The van der Waals surface area contributed by atoms with Crippen LogP contribution in [-0.2, 0) is 9.59 Å². The van der Waals surface area contributed by atoms with Gasteiger partial charge in [0.1, 0.15) is 0 Å². The first-order chi connectivity index (χ1) is 6.22. The molecular formula is C8H13N3O2. The largest absolute Gasteiger partial charge is 0.329 e. The molecule has 2 aliphatic heterocycles. The Labute approximate surface area is 76.3 Å². The van der Waals surface area contributed by atoms with E-state index in [2.05, 4.69) is 10.2 Å². The van der Waals surface area contributed by atoms with Crippen LogP contribution >= 0.6 is 0 Å². The Kier molecular flexibility index (Phi) is 2.05. The Morgan fingerprint density at radius 2 is 1.85 bits per heavy atom. The van der Waals surface area contributed by atoms with Gasteiger partial charge in [0.2, 0.25) is 11.8 Å². The summed E-state index contributed by atoms with van der Waals surface area (Å²) in [5, 5.41) is 2.35. The Bertz CT molecular complexity index is 232. The van der Waals surface area contributed by atoms with Crippen molar-refractivity contribution in [3.8, 4) is 0 Å². The number of imide groups is 1. The van der Waals surface area contributed by atoms with E-state index < -0.39 is 0 Å². The van der Waals surface area contributed by atoms with Gasteiger partial charge >= 0.3 is 0 Å². The molecule has 0 spiro atoms. The van der Waals surface area contributed by atoms with Crippen LogP contribution in [0.15, 0.2) is 0 Å². The molecular weight excluding hydrogens is 170 g/mol. The van der Waals surface area contributed by atoms with Crippen LogP contribution in [0.5, 0.6) is 0 Å². The maximum Gasteiger partial charge on any atom is 0.231 e. The van der Waals surface area contributed by atoms with Crippen molar-refractivity contribution in [1.29, 1.82) is 0 Å². The van der Waals surface area contributed by atoms with E-state index in [-0.39, 0.29) is 23.7 Å². The van der Waals surface area contributed by atoms with Crippen molar-refractivity contribution in [2.75, 3.05) is 26.2 Å². The lowest BCUT2D eigenvalue weighted by molar-refractivity contribution is -0.126. The molecule has 2 atom stereocenters. The minimum Gasteiger partial charge on any atom is -0.329 e. The Balaban J connectivity index is 2.04. The summed E-state index contributed by atoms with van der Waals surface area (Å²) in [4.78, 5) is 24.5. The number of hydrogen-bond donors (Lipinski definition) is 2. The quantitative estimate of drug-likeness (QED) is 0.493. The minimum atomic E-state index is -0.126. The minimum absolute atomic E-state index is 0.116. The summed E-state index contributed by atoms with van der Waals surface area (Å²) in [6.07, 6.45) is 0. The van der Waals surface area contributed by atoms with E-state index in [1.807, 2.05) is 0 Å². The third-order valence-corrected chi connectivity index (χ3v) is 2.76. The number of fused-ring (bicyclic) bond motifs is 1. The van der Waals surface area contributed by atoms with Crippen LogP contribution in [-0.4, -0.2) is 42.9 Å². The predicted octanol–water partition coefficient (Wildman–Crippen LogP) is -1.85. The molecule has 5 heteroatoms. The molecule has 0 bridgehead atoms. The van der Waals surface area contributed by atoms with Crippen LogP contribution in [0.25, 0.3) is 0 Å². The summed E-state index contributed by atoms with van der Waals surface area (Å²) in [7, 11) is 0. The van der Waals surface area contributed by atoms with Gasteiger partial charge in [-0.1, -0.05) is 0 Å². The monoisotopic (exact) mass is 183 g/mol. The molecule has 5 nitrogen and oxygen atoms in total. The molecule has 0 radical (unpaired) electrons. The topological polar surface area (TPSA) is 75.4 Å².